The van der Waals surface area contributed by atoms with E-state index in [9.17, 15) is 4.79 Å². The van der Waals surface area contributed by atoms with E-state index in [4.69, 9.17) is 4.74 Å². The highest BCUT2D eigenvalue weighted by Crippen LogP contribution is 2.17. The Morgan fingerprint density at radius 1 is 1.72 bits per heavy atom. The van der Waals surface area contributed by atoms with Crippen LogP contribution in [0, 0.1) is 0 Å². The Morgan fingerprint density at radius 3 is 3.00 bits per heavy atom. The van der Waals surface area contributed by atoms with Crippen molar-refractivity contribution in [3.8, 4) is 0 Å². The maximum absolute atomic E-state index is 11.9. The van der Waals surface area contributed by atoms with Gasteiger partial charge in [-0.25, -0.2) is 4.68 Å². The van der Waals surface area contributed by atoms with Crippen molar-refractivity contribution >= 4 is 21.6 Å². The van der Waals surface area contributed by atoms with Crippen molar-refractivity contribution in [3.63, 3.8) is 0 Å². The van der Waals surface area contributed by atoms with Crippen molar-refractivity contribution in [2.45, 2.75) is 25.9 Å². The number of hydrogen-bond acceptors (Lipinski definition) is 4. The fourth-order valence-corrected chi connectivity index (χ4v) is 1.92. The molecule has 0 amide bonds. The summed E-state index contributed by atoms with van der Waals surface area (Å²) < 4.78 is 6.93. The minimum atomic E-state index is -0.174. The van der Waals surface area contributed by atoms with Crippen molar-refractivity contribution in [2.24, 2.45) is 0 Å². The van der Waals surface area contributed by atoms with Gasteiger partial charge < -0.3 is 10.1 Å². The van der Waals surface area contributed by atoms with E-state index in [1.807, 2.05) is 0 Å². The van der Waals surface area contributed by atoms with Crippen LogP contribution < -0.4 is 10.9 Å². The van der Waals surface area contributed by atoms with E-state index >= 15 is 0 Å². The molecule has 1 aromatic heterocycles. The fraction of sp³-hybridized carbons (Fsp3) is 0.500. The van der Waals surface area contributed by atoms with Crippen molar-refractivity contribution in [1.82, 2.24) is 9.78 Å². The molecular weight excluding hydrogens is 298 g/mol. The number of rotatable bonds is 7. The van der Waals surface area contributed by atoms with Crippen molar-refractivity contribution in [3.05, 3.63) is 33.7 Å². The number of halogens is 1. The number of ether oxygens (including phenoxy) is 1. The monoisotopic (exact) mass is 315 g/mol. The van der Waals surface area contributed by atoms with Gasteiger partial charge in [0.2, 0.25) is 0 Å². The molecule has 1 atom stereocenters. The number of nitrogens with zero attached hydrogens (tertiary/aromatic N) is 2. The number of allylic oxidation sites excluding steroid dienone is 1. The summed E-state index contributed by atoms with van der Waals surface area (Å²) in [6.45, 7) is 6.62. The molecule has 0 bridgehead atoms. The minimum Gasteiger partial charge on any atom is -0.383 e. The minimum absolute atomic E-state index is 0.155. The summed E-state index contributed by atoms with van der Waals surface area (Å²) in [6, 6.07) is 0.155. The third-order valence-electron chi connectivity index (χ3n) is 2.51. The summed E-state index contributed by atoms with van der Waals surface area (Å²) in [5.41, 5.74) is 0.511. The molecule has 5 nitrogen and oxygen atoms in total. The average Bonchev–Trinajstić information content (AvgIpc) is 2.37. The molecule has 18 heavy (non-hydrogen) atoms. The third kappa shape index (κ3) is 3.68. The Bertz CT molecular complexity index is 459. The zero-order valence-electron chi connectivity index (χ0n) is 10.6. The van der Waals surface area contributed by atoms with Crippen molar-refractivity contribution in [1.29, 1.82) is 0 Å². The maximum atomic E-state index is 11.9. The van der Waals surface area contributed by atoms with E-state index in [1.54, 1.807) is 19.4 Å². The van der Waals surface area contributed by atoms with E-state index in [2.05, 4.69) is 39.8 Å². The summed E-state index contributed by atoms with van der Waals surface area (Å²) >= 11 is 3.30. The standard InChI is InChI=1S/C12H18BrN3O2/c1-4-6-16-12(17)11(13)10(7-14-16)15-9(5-2)8-18-3/h4,7,9,15H,1,5-6,8H2,2-3H3. The van der Waals surface area contributed by atoms with Gasteiger partial charge in [-0.1, -0.05) is 13.0 Å². The van der Waals surface area contributed by atoms with Gasteiger partial charge in [0.05, 0.1) is 25.0 Å². The van der Waals surface area contributed by atoms with Gasteiger partial charge in [-0.3, -0.25) is 4.79 Å². The lowest BCUT2D eigenvalue weighted by Gasteiger charge is -2.18. The van der Waals surface area contributed by atoms with Crippen LogP contribution in [0.1, 0.15) is 13.3 Å². The van der Waals surface area contributed by atoms with E-state index in [1.165, 1.54) is 4.68 Å². The SMILES string of the molecule is C=CCn1ncc(NC(CC)COC)c(Br)c1=O. The van der Waals surface area contributed by atoms with Gasteiger partial charge in [0.15, 0.2) is 0 Å². The largest absolute Gasteiger partial charge is 0.383 e. The van der Waals surface area contributed by atoms with E-state index in [-0.39, 0.29) is 11.6 Å². The molecule has 0 aromatic carbocycles. The van der Waals surface area contributed by atoms with Crippen LogP contribution in [0.5, 0.6) is 0 Å². The summed E-state index contributed by atoms with van der Waals surface area (Å²) in [5, 5.41) is 7.31. The van der Waals surface area contributed by atoms with Crippen molar-refractivity contribution < 1.29 is 4.74 Å². The summed E-state index contributed by atoms with van der Waals surface area (Å²) in [7, 11) is 1.65. The smallest absolute Gasteiger partial charge is 0.283 e. The van der Waals surface area contributed by atoms with Crippen LogP contribution in [-0.4, -0.2) is 29.5 Å². The summed E-state index contributed by atoms with van der Waals surface area (Å²) in [6.07, 6.45) is 4.16. The van der Waals surface area contributed by atoms with E-state index in [0.717, 1.165) is 6.42 Å². The predicted octanol–water partition coefficient (Wildman–Crippen LogP) is 2.03. The first-order valence-electron chi connectivity index (χ1n) is 5.76. The first-order chi connectivity index (χ1) is 8.63. The molecule has 0 aliphatic carbocycles. The molecule has 0 saturated carbocycles. The Balaban J connectivity index is 2.94. The zero-order valence-corrected chi connectivity index (χ0v) is 12.2. The van der Waals surface area contributed by atoms with Gasteiger partial charge in [0.1, 0.15) is 4.47 Å². The van der Waals surface area contributed by atoms with Crippen LogP contribution >= 0.6 is 15.9 Å². The van der Waals surface area contributed by atoms with Gasteiger partial charge in [0, 0.05) is 13.2 Å². The third-order valence-corrected chi connectivity index (χ3v) is 3.27. The average molecular weight is 316 g/mol. The second-order valence-electron chi connectivity index (χ2n) is 3.85. The molecule has 0 aliphatic rings. The molecule has 6 heteroatoms. The number of aromatic nitrogens is 2. The molecular formula is C12H18BrN3O2. The summed E-state index contributed by atoms with van der Waals surface area (Å²) in [5.74, 6) is 0. The normalized spacial score (nSPS) is 12.2. The highest BCUT2D eigenvalue weighted by molar-refractivity contribution is 9.10. The molecule has 1 unspecified atom stereocenters. The number of methoxy groups -OCH3 is 1. The van der Waals surface area contributed by atoms with Gasteiger partial charge in [-0.05, 0) is 22.4 Å². The summed E-state index contributed by atoms with van der Waals surface area (Å²) in [4.78, 5) is 11.9. The van der Waals surface area contributed by atoms with Gasteiger partial charge >= 0.3 is 0 Å². The van der Waals surface area contributed by atoms with Crippen LogP contribution in [0.25, 0.3) is 0 Å². The predicted molar refractivity (Wildman–Crippen MR) is 76.0 cm³/mol. The number of anilines is 1. The lowest BCUT2D eigenvalue weighted by molar-refractivity contribution is 0.184. The molecule has 100 valence electrons. The van der Waals surface area contributed by atoms with Crippen LogP contribution in [0.3, 0.4) is 0 Å². The highest BCUT2D eigenvalue weighted by atomic mass is 79.9. The van der Waals surface area contributed by atoms with Crippen LogP contribution in [0.2, 0.25) is 0 Å². The Morgan fingerprint density at radius 2 is 2.44 bits per heavy atom. The zero-order chi connectivity index (χ0) is 13.5. The first-order valence-corrected chi connectivity index (χ1v) is 6.55. The second kappa shape index (κ2) is 7.33. The molecule has 1 heterocycles. The first kappa shape index (κ1) is 14.9. The van der Waals surface area contributed by atoms with Crippen LogP contribution in [0.4, 0.5) is 5.69 Å². The molecule has 0 radical (unpaired) electrons. The molecule has 0 aliphatic heterocycles. The Labute approximate surface area is 115 Å². The molecule has 0 saturated heterocycles. The quantitative estimate of drug-likeness (QED) is 0.782. The molecule has 1 rings (SSSR count). The lowest BCUT2D eigenvalue weighted by atomic mass is 10.2. The van der Waals surface area contributed by atoms with Crippen LogP contribution in [-0.2, 0) is 11.3 Å². The van der Waals surface area contributed by atoms with Gasteiger partial charge in [0.25, 0.3) is 5.56 Å². The highest BCUT2D eigenvalue weighted by Gasteiger charge is 2.12. The Kier molecular flexibility index (Phi) is 6.07. The molecule has 1 N–H and O–H groups in total. The molecule has 0 fully saturated rings. The van der Waals surface area contributed by atoms with Crippen molar-refractivity contribution in [2.75, 3.05) is 19.0 Å². The van der Waals surface area contributed by atoms with E-state index in [0.29, 0.717) is 23.3 Å². The Hall–Kier alpha value is -1.14. The van der Waals surface area contributed by atoms with Crippen LogP contribution in [0.15, 0.2) is 28.1 Å². The van der Waals surface area contributed by atoms with E-state index < -0.39 is 0 Å². The lowest BCUT2D eigenvalue weighted by Crippen LogP contribution is -2.28. The second-order valence-corrected chi connectivity index (χ2v) is 4.65. The number of nitrogens with one attached hydrogen (secondary N) is 1. The fourth-order valence-electron chi connectivity index (χ4n) is 1.50. The molecule has 1 aromatic rings. The van der Waals surface area contributed by atoms with Gasteiger partial charge in [-0.15, -0.1) is 6.58 Å². The molecule has 0 spiro atoms. The van der Waals surface area contributed by atoms with Gasteiger partial charge in [-0.2, -0.15) is 5.10 Å². The maximum Gasteiger partial charge on any atom is 0.283 e. The number of hydrogen-bond donors (Lipinski definition) is 1. The topological polar surface area (TPSA) is 56.1 Å².